The molecular formula is C11H16ClN3O2S. The average Bonchev–Trinajstić information content (AvgIpc) is 2.94. The van der Waals surface area contributed by atoms with Crippen molar-refractivity contribution in [3.63, 3.8) is 0 Å². The molecular weight excluding hydrogens is 274 g/mol. The van der Waals surface area contributed by atoms with Crippen molar-refractivity contribution in [2.75, 3.05) is 0 Å². The molecule has 3 rings (SSSR count). The predicted molar refractivity (Wildman–Crippen MR) is 66.7 cm³/mol. The lowest BCUT2D eigenvalue weighted by molar-refractivity contribution is 0.324. The van der Waals surface area contributed by atoms with Gasteiger partial charge in [-0.3, -0.25) is 0 Å². The van der Waals surface area contributed by atoms with Crippen molar-refractivity contribution in [1.82, 2.24) is 14.8 Å². The van der Waals surface area contributed by atoms with E-state index < -0.39 is 9.05 Å². The molecule has 2 bridgehead atoms. The fourth-order valence-electron chi connectivity index (χ4n) is 3.60. The minimum absolute atomic E-state index is 0.151. The normalized spacial score (nSPS) is 31.1. The van der Waals surface area contributed by atoms with E-state index in [0.29, 0.717) is 5.92 Å². The van der Waals surface area contributed by atoms with Gasteiger partial charge in [0.05, 0.1) is 0 Å². The summed E-state index contributed by atoms with van der Waals surface area (Å²) < 4.78 is 24.1. The molecule has 2 saturated carbocycles. The maximum atomic E-state index is 11.3. The second-order valence-electron chi connectivity index (χ2n) is 5.53. The van der Waals surface area contributed by atoms with Crippen LogP contribution >= 0.6 is 10.7 Å². The van der Waals surface area contributed by atoms with Crippen molar-refractivity contribution in [3.05, 3.63) is 5.82 Å². The van der Waals surface area contributed by atoms with Gasteiger partial charge in [-0.05, 0) is 37.0 Å². The molecule has 0 spiro atoms. The highest BCUT2D eigenvalue weighted by Gasteiger charge is 2.40. The Kier molecular flexibility index (Phi) is 2.90. The van der Waals surface area contributed by atoms with Gasteiger partial charge >= 0.3 is 0 Å². The standard InChI is InChI=1S/C11H16ClN3O2S/c1-15-10(13-14-11(15)18(12,16)17)6-9-5-7-2-3-8(9)4-7/h7-9H,2-6H2,1H3. The van der Waals surface area contributed by atoms with Crippen molar-refractivity contribution in [2.45, 2.75) is 37.3 Å². The minimum Gasteiger partial charge on any atom is -0.304 e. The van der Waals surface area contributed by atoms with E-state index in [0.717, 1.165) is 24.1 Å². The Morgan fingerprint density at radius 1 is 1.33 bits per heavy atom. The summed E-state index contributed by atoms with van der Waals surface area (Å²) in [6.07, 6.45) is 6.08. The van der Waals surface area contributed by atoms with E-state index in [2.05, 4.69) is 10.2 Å². The summed E-state index contributed by atoms with van der Waals surface area (Å²) in [6, 6.07) is 0. The molecule has 1 aromatic heterocycles. The second kappa shape index (κ2) is 4.20. The van der Waals surface area contributed by atoms with Gasteiger partial charge < -0.3 is 4.57 Å². The van der Waals surface area contributed by atoms with Crippen LogP contribution in [0.5, 0.6) is 0 Å². The van der Waals surface area contributed by atoms with Crippen LogP contribution < -0.4 is 0 Å². The summed E-state index contributed by atoms with van der Waals surface area (Å²) in [5.41, 5.74) is 0. The van der Waals surface area contributed by atoms with Crippen LogP contribution in [0.3, 0.4) is 0 Å². The topological polar surface area (TPSA) is 64.8 Å². The summed E-state index contributed by atoms with van der Waals surface area (Å²) in [6.45, 7) is 0. The summed E-state index contributed by atoms with van der Waals surface area (Å²) in [5.74, 6) is 3.04. The molecule has 3 unspecified atom stereocenters. The lowest BCUT2D eigenvalue weighted by Crippen LogP contribution is -2.16. The Bertz CT molecular complexity index is 569. The van der Waals surface area contributed by atoms with Gasteiger partial charge in [0.25, 0.3) is 14.2 Å². The van der Waals surface area contributed by atoms with Crippen molar-refractivity contribution < 1.29 is 8.42 Å². The van der Waals surface area contributed by atoms with Gasteiger partial charge in [0.1, 0.15) is 5.82 Å². The third-order valence-electron chi connectivity index (χ3n) is 4.47. The molecule has 7 heteroatoms. The van der Waals surface area contributed by atoms with E-state index in [4.69, 9.17) is 10.7 Å². The fourth-order valence-corrected chi connectivity index (χ4v) is 4.57. The van der Waals surface area contributed by atoms with E-state index in [-0.39, 0.29) is 5.16 Å². The lowest BCUT2D eigenvalue weighted by atomic mass is 9.86. The van der Waals surface area contributed by atoms with E-state index in [1.165, 1.54) is 30.3 Å². The monoisotopic (exact) mass is 289 g/mol. The number of fused-ring (bicyclic) bond motifs is 2. The second-order valence-corrected chi connectivity index (χ2v) is 7.99. The molecule has 0 aromatic carbocycles. The summed E-state index contributed by atoms with van der Waals surface area (Å²) in [4.78, 5) is 0. The highest BCUT2D eigenvalue weighted by molar-refractivity contribution is 8.13. The van der Waals surface area contributed by atoms with Crippen LogP contribution in [0, 0.1) is 17.8 Å². The average molecular weight is 290 g/mol. The fraction of sp³-hybridized carbons (Fsp3) is 0.818. The van der Waals surface area contributed by atoms with E-state index >= 15 is 0 Å². The minimum atomic E-state index is -3.80. The smallest absolute Gasteiger partial charge is 0.296 e. The molecule has 0 amide bonds. The van der Waals surface area contributed by atoms with E-state index in [9.17, 15) is 8.42 Å². The van der Waals surface area contributed by atoms with E-state index in [1.54, 1.807) is 7.05 Å². The zero-order valence-corrected chi connectivity index (χ0v) is 11.8. The molecule has 1 aromatic rings. The molecule has 3 atom stereocenters. The molecule has 1 heterocycles. The van der Waals surface area contributed by atoms with Gasteiger partial charge in [0.2, 0.25) is 0 Å². The molecule has 0 saturated heterocycles. The molecule has 2 aliphatic rings. The highest BCUT2D eigenvalue weighted by Crippen LogP contribution is 2.49. The maximum absolute atomic E-state index is 11.3. The van der Waals surface area contributed by atoms with Gasteiger partial charge in [-0.2, -0.15) is 0 Å². The van der Waals surface area contributed by atoms with Crippen molar-refractivity contribution in [1.29, 1.82) is 0 Å². The van der Waals surface area contributed by atoms with Crippen LogP contribution in [0.15, 0.2) is 5.16 Å². The van der Waals surface area contributed by atoms with Gasteiger partial charge in [0.15, 0.2) is 0 Å². The van der Waals surface area contributed by atoms with Crippen LogP contribution in [0.25, 0.3) is 0 Å². The zero-order valence-electron chi connectivity index (χ0n) is 10.2. The number of rotatable bonds is 3. The molecule has 0 N–H and O–H groups in total. The van der Waals surface area contributed by atoms with Crippen LogP contribution in [0.2, 0.25) is 0 Å². The van der Waals surface area contributed by atoms with Gasteiger partial charge in [-0.1, -0.05) is 6.42 Å². The van der Waals surface area contributed by atoms with Gasteiger partial charge in [0, 0.05) is 24.2 Å². The number of halogens is 1. The number of hydrogen-bond acceptors (Lipinski definition) is 4. The van der Waals surface area contributed by atoms with E-state index in [1.807, 2.05) is 0 Å². The maximum Gasteiger partial charge on any atom is 0.296 e. The SMILES string of the molecule is Cn1c(CC2CC3CCC2C3)nnc1S(=O)(=O)Cl. The molecule has 2 aliphatic carbocycles. The largest absolute Gasteiger partial charge is 0.304 e. The zero-order chi connectivity index (χ0) is 12.9. The van der Waals surface area contributed by atoms with Gasteiger partial charge in [-0.15, -0.1) is 10.2 Å². The van der Waals surface area contributed by atoms with Crippen LogP contribution in [-0.2, 0) is 22.5 Å². The first-order valence-corrected chi connectivity index (χ1v) is 8.59. The molecule has 18 heavy (non-hydrogen) atoms. The quantitative estimate of drug-likeness (QED) is 0.795. The molecule has 100 valence electrons. The predicted octanol–water partition coefficient (Wildman–Crippen LogP) is 1.72. The lowest BCUT2D eigenvalue weighted by Gasteiger charge is -2.20. The summed E-state index contributed by atoms with van der Waals surface area (Å²) >= 11 is 0. The number of nitrogens with zero attached hydrogens (tertiary/aromatic N) is 3. The first kappa shape index (κ1) is 12.4. The third-order valence-corrected chi connectivity index (χ3v) is 5.68. The first-order valence-electron chi connectivity index (χ1n) is 6.28. The Morgan fingerprint density at radius 2 is 2.11 bits per heavy atom. The Labute approximate surface area is 111 Å². The number of hydrogen-bond donors (Lipinski definition) is 0. The molecule has 2 fully saturated rings. The van der Waals surface area contributed by atoms with Crippen molar-refractivity contribution >= 4 is 19.7 Å². The molecule has 5 nitrogen and oxygen atoms in total. The van der Waals surface area contributed by atoms with Crippen LogP contribution in [-0.4, -0.2) is 23.2 Å². The third kappa shape index (κ3) is 2.05. The highest BCUT2D eigenvalue weighted by atomic mass is 35.7. The first-order chi connectivity index (χ1) is 8.45. The van der Waals surface area contributed by atoms with Gasteiger partial charge in [-0.25, -0.2) is 8.42 Å². The molecule has 0 radical (unpaired) electrons. The van der Waals surface area contributed by atoms with Crippen molar-refractivity contribution in [2.24, 2.45) is 24.8 Å². The Morgan fingerprint density at radius 3 is 2.61 bits per heavy atom. The Hall–Kier alpha value is -0.620. The number of aromatic nitrogens is 3. The summed E-state index contributed by atoms with van der Waals surface area (Å²) in [7, 11) is 3.18. The summed E-state index contributed by atoms with van der Waals surface area (Å²) in [5, 5.41) is 7.51. The molecule has 0 aliphatic heterocycles. The Balaban J connectivity index is 1.80. The van der Waals surface area contributed by atoms with Crippen LogP contribution in [0.1, 0.15) is 31.5 Å². The van der Waals surface area contributed by atoms with Crippen LogP contribution in [0.4, 0.5) is 0 Å². The van der Waals surface area contributed by atoms with Crippen molar-refractivity contribution in [3.8, 4) is 0 Å².